The maximum absolute atomic E-state index is 11.9. The predicted molar refractivity (Wildman–Crippen MR) is 71.5 cm³/mol. The van der Waals surface area contributed by atoms with Crippen LogP contribution < -0.4 is 0 Å². The van der Waals surface area contributed by atoms with Crippen molar-refractivity contribution >= 4 is 12.0 Å². The van der Waals surface area contributed by atoms with Crippen molar-refractivity contribution in [3.05, 3.63) is 60.7 Å². The molecule has 0 N–H and O–H groups in total. The second-order valence-corrected chi connectivity index (χ2v) is 4.22. The van der Waals surface area contributed by atoms with E-state index in [0.717, 1.165) is 10.5 Å². The Bertz CT molecular complexity index is 507. The fraction of sp³-hybridized carbons (Fsp3) is 0.200. The summed E-state index contributed by atoms with van der Waals surface area (Å²) >= 11 is 0. The summed E-state index contributed by atoms with van der Waals surface area (Å²) in [5, 5.41) is 0. The van der Waals surface area contributed by atoms with Crippen LogP contribution in [-0.2, 0) is 16.0 Å². The number of benzene rings is 1. The van der Waals surface area contributed by atoms with Gasteiger partial charge in [0.05, 0.1) is 6.04 Å². The summed E-state index contributed by atoms with van der Waals surface area (Å²) in [6.45, 7) is 3.73. The lowest BCUT2D eigenvalue weighted by Crippen LogP contribution is -2.39. The van der Waals surface area contributed by atoms with Crippen molar-refractivity contribution in [3.8, 4) is 0 Å². The van der Waals surface area contributed by atoms with Gasteiger partial charge in [-0.25, -0.2) is 9.69 Å². The van der Waals surface area contributed by atoms with E-state index < -0.39 is 6.09 Å². The number of rotatable bonds is 4. The van der Waals surface area contributed by atoms with E-state index in [0.29, 0.717) is 6.42 Å². The molecule has 0 saturated carbocycles. The second kappa shape index (κ2) is 6.00. The van der Waals surface area contributed by atoms with Crippen molar-refractivity contribution in [3.63, 3.8) is 0 Å². The Balaban J connectivity index is 2.11. The number of hydrogen-bond donors (Lipinski definition) is 0. The normalized spacial score (nSPS) is 18.6. The molecule has 1 aliphatic heterocycles. The van der Waals surface area contributed by atoms with Gasteiger partial charge in [0.2, 0.25) is 0 Å². The molecule has 0 spiro atoms. The molecule has 1 aromatic rings. The lowest BCUT2D eigenvalue weighted by Gasteiger charge is -2.17. The molecule has 1 heterocycles. The van der Waals surface area contributed by atoms with E-state index in [-0.39, 0.29) is 18.6 Å². The van der Waals surface area contributed by atoms with Gasteiger partial charge < -0.3 is 4.74 Å². The van der Waals surface area contributed by atoms with Gasteiger partial charge in [-0.05, 0) is 12.0 Å². The summed E-state index contributed by atoms with van der Waals surface area (Å²) in [5.41, 5.74) is 1.07. The Hall–Kier alpha value is -2.36. The highest BCUT2D eigenvalue weighted by atomic mass is 16.6. The smallest absolute Gasteiger partial charge is 0.417 e. The highest BCUT2D eigenvalue weighted by molar-refractivity contribution is 5.99. The first-order valence-corrected chi connectivity index (χ1v) is 6.05. The molecule has 19 heavy (non-hydrogen) atoms. The highest BCUT2D eigenvalue weighted by Gasteiger charge is 2.36. The number of carbonyl (C=O) groups excluding carboxylic acids is 2. The van der Waals surface area contributed by atoms with Crippen LogP contribution in [-0.4, -0.2) is 29.5 Å². The third-order valence-electron chi connectivity index (χ3n) is 2.89. The van der Waals surface area contributed by atoms with Gasteiger partial charge in [0.1, 0.15) is 6.61 Å². The number of imide groups is 1. The van der Waals surface area contributed by atoms with Gasteiger partial charge in [-0.2, -0.15) is 0 Å². The van der Waals surface area contributed by atoms with Crippen LogP contribution in [0.25, 0.3) is 0 Å². The Morgan fingerprint density at radius 1 is 1.42 bits per heavy atom. The zero-order chi connectivity index (χ0) is 13.7. The van der Waals surface area contributed by atoms with Crippen LogP contribution in [0.3, 0.4) is 0 Å². The summed E-state index contributed by atoms with van der Waals surface area (Å²) in [4.78, 5) is 24.7. The molecular formula is C15H15NO3. The molecule has 2 amide bonds. The number of hydrogen-bond acceptors (Lipinski definition) is 3. The Labute approximate surface area is 112 Å². The molecule has 2 rings (SSSR count). The quantitative estimate of drug-likeness (QED) is 0.614. The van der Waals surface area contributed by atoms with Crippen LogP contribution in [0.2, 0.25) is 0 Å². The number of ether oxygens (including phenoxy) is 1. The van der Waals surface area contributed by atoms with Crippen LogP contribution in [0, 0.1) is 0 Å². The molecular weight excluding hydrogens is 242 g/mol. The summed E-state index contributed by atoms with van der Waals surface area (Å²) in [7, 11) is 0. The number of amides is 2. The fourth-order valence-corrected chi connectivity index (χ4v) is 2.00. The van der Waals surface area contributed by atoms with Crippen molar-refractivity contribution < 1.29 is 14.3 Å². The molecule has 4 heteroatoms. The van der Waals surface area contributed by atoms with Crippen molar-refractivity contribution in [2.45, 2.75) is 12.5 Å². The van der Waals surface area contributed by atoms with Crippen molar-refractivity contribution in [2.75, 3.05) is 6.61 Å². The first kappa shape index (κ1) is 13.1. The van der Waals surface area contributed by atoms with Crippen LogP contribution in [0.1, 0.15) is 5.56 Å². The van der Waals surface area contributed by atoms with Crippen molar-refractivity contribution in [1.29, 1.82) is 0 Å². The third kappa shape index (κ3) is 3.10. The first-order chi connectivity index (χ1) is 9.22. The van der Waals surface area contributed by atoms with Crippen LogP contribution in [0.4, 0.5) is 4.79 Å². The zero-order valence-corrected chi connectivity index (χ0v) is 10.5. The van der Waals surface area contributed by atoms with E-state index in [1.807, 2.05) is 30.3 Å². The molecule has 1 aliphatic rings. The molecule has 0 bridgehead atoms. The van der Waals surface area contributed by atoms with E-state index in [1.54, 1.807) is 0 Å². The molecule has 1 aromatic carbocycles. The summed E-state index contributed by atoms with van der Waals surface area (Å²) in [5.74, 6) is -0.372. The minimum Gasteiger partial charge on any atom is -0.447 e. The van der Waals surface area contributed by atoms with Gasteiger partial charge in [-0.3, -0.25) is 4.79 Å². The predicted octanol–water partition coefficient (Wildman–Crippen LogP) is 2.32. The summed E-state index contributed by atoms with van der Waals surface area (Å²) in [6.07, 6.45) is 4.33. The van der Waals surface area contributed by atoms with E-state index in [2.05, 4.69) is 6.58 Å². The monoisotopic (exact) mass is 257 g/mol. The van der Waals surface area contributed by atoms with E-state index >= 15 is 0 Å². The fourth-order valence-electron chi connectivity index (χ4n) is 2.00. The van der Waals surface area contributed by atoms with E-state index in [1.165, 1.54) is 18.2 Å². The van der Waals surface area contributed by atoms with E-state index in [9.17, 15) is 9.59 Å². The molecule has 4 nitrogen and oxygen atoms in total. The lowest BCUT2D eigenvalue weighted by molar-refractivity contribution is -0.124. The lowest BCUT2D eigenvalue weighted by atomic mass is 10.1. The van der Waals surface area contributed by atoms with Gasteiger partial charge in [0.25, 0.3) is 5.91 Å². The molecule has 1 atom stereocenters. The van der Waals surface area contributed by atoms with Gasteiger partial charge in [0, 0.05) is 6.08 Å². The largest absolute Gasteiger partial charge is 0.447 e. The first-order valence-electron chi connectivity index (χ1n) is 6.05. The highest BCUT2D eigenvalue weighted by Crippen LogP contribution is 2.17. The minimum absolute atomic E-state index is 0.237. The standard InChI is InChI=1S/C15H15NO3/c1-2-3-9-14(17)16-13(11-19-15(16)18)10-12-7-5-4-6-8-12/h2-9,13H,1,10-11H2/b9-3+/t13-/m0/s1. The topological polar surface area (TPSA) is 46.6 Å². The number of carbonyl (C=O) groups is 2. The zero-order valence-electron chi connectivity index (χ0n) is 10.5. The minimum atomic E-state index is -0.584. The van der Waals surface area contributed by atoms with Gasteiger partial charge >= 0.3 is 6.09 Å². The van der Waals surface area contributed by atoms with Crippen molar-refractivity contribution in [1.82, 2.24) is 4.90 Å². The Morgan fingerprint density at radius 2 is 2.16 bits per heavy atom. The van der Waals surface area contributed by atoms with Crippen LogP contribution in [0.5, 0.6) is 0 Å². The molecule has 1 saturated heterocycles. The third-order valence-corrected chi connectivity index (χ3v) is 2.89. The Morgan fingerprint density at radius 3 is 2.84 bits per heavy atom. The average Bonchev–Trinajstić information content (AvgIpc) is 2.78. The molecule has 0 radical (unpaired) electrons. The van der Waals surface area contributed by atoms with Crippen LogP contribution in [0.15, 0.2) is 55.1 Å². The molecule has 0 unspecified atom stereocenters. The molecule has 98 valence electrons. The van der Waals surface area contributed by atoms with Gasteiger partial charge in [0.15, 0.2) is 0 Å². The molecule has 0 aliphatic carbocycles. The number of cyclic esters (lactones) is 1. The average molecular weight is 257 g/mol. The Kier molecular flexibility index (Phi) is 4.13. The van der Waals surface area contributed by atoms with Crippen molar-refractivity contribution in [2.24, 2.45) is 0 Å². The summed E-state index contributed by atoms with van der Waals surface area (Å²) in [6, 6.07) is 9.45. The number of nitrogens with zero attached hydrogens (tertiary/aromatic N) is 1. The maximum atomic E-state index is 11.9. The molecule has 0 aromatic heterocycles. The summed E-state index contributed by atoms with van der Waals surface area (Å²) < 4.78 is 4.96. The molecule has 1 fully saturated rings. The number of allylic oxidation sites excluding steroid dienone is 2. The van der Waals surface area contributed by atoms with Crippen LogP contribution >= 0.6 is 0 Å². The van der Waals surface area contributed by atoms with Gasteiger partial charge in [-0.15, -0.1) is 0 Å². The van der Waals surface area contributed by atoms with Gasteiger partial charge in [-0.1, -0.05) is 49.1 Å². The maximum Gasteiger partial charge on any atom is 0.417 e. The SMILES string of the molecule is C=C/C=C/C(=O)N1C(=O)OC[C@@H]1Cc1ccccc1. The van der Waals surface area contributed by atoms with E-state index in [4.69, 9.17) is 4.74 Å². The second-order valence-electron chi connectivity index (χ2n) is 4.22.